The highest BCUT2D eigenvalue weighted by atomic mass is 16.4. The molecule has 6 heteroatoms. The lowest BCUT2D eigenvalue weighted by Gasteiger charge is -2.27. The molecule has 0 saturated heterocycles. The van der Waals surface area contributed by atoms with E-state index in [0.717, 1.165) is 0 Å². The Morgan fingerprint density at radius 1 is 1.53 bits per heavy atom. The molecule has 92 valence electrons. The SMILES string of the molecule is CC(C)N(CC(N)=O)c1ncccc1C(=O)O. The Morgan fingerprint density at radius 3 is 2.65 bits per heavy atom. The van der Waals surface area contributed by atoms with Crippen molar-refractivity contribution >= 4 is 17.7 Å². The number of aromatic nitrogens is 1. The zero-order valence-electron chi connectivity index (χ0n) is 9.75. The first-order valence-electron chi connectivity index (χ1n) is 5.16. The van der Waals surface area contributed by atoms with E-state index in [4.69, 9.17) is 10.8 Å². The standard InChI is InChI=1S/C11H15N3O3/c1-7(2)14(6-9(12)15)10-8(11(16)17)4-3-5-13-10/h3-5,7H,6H2,1-2H3,(H2,12,15)(H,16,17). The molecule has 1 heterocycles. The highest BCUT2D eigenvalue weighted by Gasteiger charge is 2.20. The van der Waals surface area contributed by atoms with Crippen LogP contribution in [0.15, 0.2) is 18.3 Å². The summed E-state index contributed by atoms with van der Waals surface area (Å²) in [5.41, 5.74) is 5.20. The lowest BCUT2D eigenvalue weighted by molar-refractivity contribution is -0.116. The van der Waals surface area contributed by atoms with Crippen LogP contribution in [0, 0.1) is 0 Å². The molecule has 0 aliphatic rings. The fourth-order valence-corrected chi connectivity index (χ4v) is 1.46. The molecule has 0 aliphatic carbocycles. The Morgan fingerprint density at radius 2 is 2.18 bits per heavy atom. The first kappa shape index (κ1) is 13.0. The molecule has 0 aliphatic heterocycles. The number of carboxylic acid groups (broad SMARTS) is 1. The summed E-state index contributed by atoms with van der Waals surface area (Å²) in [5, 5.41) is 9.05. The van der Waals surface area contributed by atoms with Crippen LogP contribution in [0.1, 0.15) is 24.2 Å². The molecule has 0 bridgehead atoms. The van der Waals surface area contributed by atoms with E-state index in [0.29, 0.717) is 0 Å². The Balaban J connectivity index is 3.18. The van der Waals surface area contributed by atoms with Crippen molar-refractivity contribution < 1.29 is 14.7 Å². The number of nitrogens with two attached hydrogens (primary N) is 1. The summed E-state index contributed by atoms with van der Waals surface area (Å²) in [6.07, 6.45) is 1.48. The molecule has 1 amide bonds. The van der Waals surface area contributed by atoms with Gasteiger partial charge in [0.05, 0.1) is 6.54 Å². The minimum atomic E-state index is -1.08. The van der Waals surface area contributed by atoms with Crippen LogP contribution in [0.25, 0.3) is 0 Å². The highest BCUT2D eigenvalue weighted by Crippen LogP contribution is 2.19. The minimum absolute atomic E-state index is 0.0578. The van der Waals surface area contributed by atoms with E-state index in [1.807, 2.05) is 13.8 Å². The van der Waals surface area contributed by atoms with Crippen molar-refractivity contribution in [2.75, 3.05) is 11.4 Å². The predicted molar refractivity (Wildman–Crippen MR) is 62.9 cm³/mol. The van der Waals surface area contributed by atoms with Gasteiger partial charge in [-0.3, -0.25) is 4.79 Å². The molecule has 0 spiro atoms. The number of pyridine rings is 1. The van der Waals surface area contributed by atoms with E-state index in [1.54, 1.807) is 4.90 Å². The number of hydrogen-bond donors (Lipinski definition) is 2. The fourth-order valence-electron chi connectivity index (χ4n) is 1.46. The van der Waals surface area contributed by atoms with Crippen molar-refractivity contribution in [3.05, 3.63) is 23.9 Å². The van der Waals surface area contributed by atoms with Crippen LogP contribution in [0.2, 0.25) is 0 Å². The van der Waals surface area contributed by atoms with Crippen molar-refractivity contribution in [2.24, 2.45) is 5.73 Å². The Kier molecular flexibility index (Phi) is 4.03. The van der Waals surface area contributed by atoms with Crippen LogP contribution in [-0.2, 0) is 4.79 Å². The van der Waals surface area contributed by atoms with Crippen LogP contribution in [0.5, 0.6) is 0 Å². The second-order valence-corrected chi connectivity index (χ2v) is 3.87. The second-order valence-electron chi connectivity index (χ2n) is 3.87. The predicted octanol–water partition coefficient (Wildman–Crippen LogP) is 0.480. The van der Waals surface area contributed by atoms with Gasteiger partial charge < -0.3 is 15.7 Å². The highest BCUT2D eigenvalue weighted by molar-refractivity contribution is 5.94. The normalized spacial score (nSPS) is 10.3. The zero-order valence-corrected chi connectivity index (χ0v) is 9.75. The van der Waals surface area contributed by atoms with Gasteiger partial charge in [0.2, 0.25) is 5.91 Å². The van der Waals surface area contributed by atoms with Crippen LogP contribution < -0.4 is 10.6 Å². The summed E-state index contributed by atoms with van der Waals surface area (Å²) >= 11 is 0. The number of carbonyl (C=O) groups excluding carboxylic acids is 1. The number of carboxylic acids is 1. The van der Waals surface area contributed by atoms with E-state index in [1.165, 1.54) is 18.3 Å². The molecule has 1 aromatic heterocycles. The van der Waals surface area contributed by atoms with Gasteiger partial charge in [0.25, 0.3) is 0 Å². The number of carbonyl (C=O) groups is 2. The summed E-state index contributed by atoms with van der Waals surface area (Å²) in [4.78, 5) is 27.6. The molecule has 1 aromatic rings. The molecule has 0 radical (unpaired) electrons. The quantitative estimate of drug-likeness (QED) is 0.776. The summed E-state index contributed by atoms with van der Waals surface area (Å²) in [6.45, 7) is 3.61. The second kappa shape index (κ2) is 5.29. The minimum Gasteiger partial charge on any atom is -0.478 e. The lowest BCUT2D eigenvalue weighted by Crippen LogP contribution is -2.40. The molecule has 6 nitrogen and oxygen atoms in total. The number of amides is 1. The third-order valence-electron chi connectivity index (χ3n) is 2.24. The molecule has 0 saturated carbocycles. The number of anilines is 1. The van der Waals surface area contributed by atoms with Crippen molar-refractivity contribution in [1.82, 2.24) is 4.98 Å². The Hall–Kier alpha value is -2.11. The fraction of sp³-hybridized carbons (Fsp3) is 0.364. The lowest BCUT2D eigenvalue weighted by atomic mass is 10.2. The largest absolute Gasteiger partial charge is 0.478 e. The number of rotatable bonds is 5. The van der Waals surface area contributed by atoms with E-state index >= 15 is 0 Å². The van der Waals surface area contributed by atoms with Crippen LogP contribution in [0.4, 0.5) is 5.82 Å². The van der Waals surface area contributed by atoms with Crippen molar-refractivity contribution in [3.8, 4) is 0 Å². The van der Waals surface area contributed by atoms with Gasteiger partial charge in [-0.15, -0.1) is 0 Å². The van der Waals surface area contributed by atoms with Crippen molar-refractivity contribution in [1.29, 1.82) is 0 Å². The van der Waals surface area contributed by atoms with E-state index in [-0.39, 0.29) is 24.0 Å². The summed E-state index contributed by atoms with van der Waals surface area (Å²) in [5.74, 6) is -1.35. The Labute approximate surface area is 99.1 Å². The van der Waals surface area contributed by atoms with Gasteiger partial charge in [0, 0.05) is 12.2 Å². The molecule has 0 fully saturated rings. The van der Waals surface area contributed by atoms with Crippen LogP contribution in [-0.4, -0.2) is 34.6 Å². The molecular weight excluding hydrogens is 222 g/mol. The molecule has 0 unspecified atom stereocenters. The maximum atomic E-state index is 11.1. The molecule has 0 aromatic carbocycles. The third-order valence-corrected chi connectivity index (χ3v) is 2.24. The summed E-state index contributed by atoms with van der Waals surface area (Å²) in [7, 11) is 0. The maximum Gasteiger partial charge on any atom is 0.339 e. The molecule has 17 heavy (non-hydrogen) atoms. The van der Waals surface area contributed by atoms with Gasteiger partial charge in [0.1, 0.15) is 11.4 Å². The van der Waals surface area contributed by atoms with Crippen LogP contribution in [0.3, 0.4) is 0 Å². The number of hydrogen-bond acceptors (Lipinski definition) is 4. The maximum absolute atomic E-state index is 11.1. The van der Waals surface area contributed by atoms with Gasteiger partial charge in [-0.1, -0.05) is 0 Å². The monoisotopic (exact) mass is 237 g/mol. The molecular formula is C11H15N3O3. The van der Waals surface area contributed by atoms with E-state index in [2.05, 4.69) is 4.98 Å². The first-order valence-corrected chi connectivity index (χ1v) is 5.16. The van der Waals surface area contributed by atoms with E-state index < -0.39 is 11.9 Å². The molecule has 1 rings (SSSR count). The topological polar surface area (TPSA) is 96.5 Å². The van der Waals surface area contributed by atoms with Gasteiger partial charge in [-0.25, -0.2) is 9.78 Å². The molecule has 3 N–H and O–H groups in total. The first-order chi connectivity index (χ1) is 7.93. The average molecular weight is 237 g/mol. The number of aromatic carboxylic acids is 1. The number of nitrogens with zero attached hydrogens (tertiary/aromatic N) is 2. The number of primary amides is 1. The van der Waals surface area contributed by atoms with Crippen molar-refractivity contribution in [3.63, 3.8) is 0 Å². The molecule has 0 atom stereocenters. The van der Waals surface area contributed by atoms with E-state index in [9.17, 15) is 9.59 Å². The van der Waals surface area contributed by atoms with Gasteiger partial charge in [-0.05, 0) is 26.0 Å². The van der Waals surface area contributed by atoms with Gasteiger partial charge in [0.15, 0.2) is 0 Å². The zero-order chi connectivity index (χ0) is 13.0. The van der Waals surface area contributed by atoms with Crippen LogP contribution >= 0.6 is 0 Å². The van der Waals surface area contributed by atoms with Crippen molar-refractivity contribution in [2.45, 2.75) is 19.9 Å². The van der Waals surface area contributed by atoms with Gasteiger partial charge in [-0.2, -0.15) is 0 Å². The summed E-state index contributed by atoms with van der Waals surface area (Å²) in [6, 6.07) is 2.91. The average Bonchev–Trinajstić information content (AvgIpc) is 2.25. The summed E-state index contributed by atoms with van der Waals surface area (Å²) < 4.78 is 0. The van der Waals surface area contributed by atoms with Gasteiger partial charge >= 0.3 is 5.97 Å². The smallest absolute Gasteiger partial charge is 0.339 e. The third kappa shape index (κ3) is 3.17. The Bertz CT molecular complexity index is 432.